The molecule has 1 heterocycles. The Morgan fingerprint density at radius 1 is 1.15 bits per heavy atom. The van der Waals surface area contributed by atoms with Crippen LogP contribution in [-0.2, 0) is 19.4 Å². The number of hydrogen-bond donors (Lipinski definition) is 1. The number of nitrogens with one attached hydrogen (secondary N) is 1. The van der Waals surface area contributed by atoms with Gasteiger partial charge in [0, 0.05) is 17.6 Å². The Morgan fingerprint density at radius 2 is 1.95 bits per heavy atom. The van der Waals surface area contributed by atoms with Crippen LogP contribution in [0.5, 0.6) is 0 Å². The second-order valence-electron chi connectivity index (χ2n) is 6.26. The normalized spacial score (nSPS) is 14.8. The van der Waals surface area contributed by atoms with Crippen LogP contribution >= 0.6 is 0 Å². The molecule has 0 aliphatic heterocycles. The molecule has 2 nitrogen and oxygen atoms in total. The van der Waals surface area contributed by atoms with E-state index in [1.807, 2.05) is 0 Å². The molecule has 106 valence electrons. The predicted molar refractivity (Wildman–Crippen MR) is 84.9 cm³/mol. The lowest BCUT2D eigenvalue weighted by Gasteiger charge is -2.21. The average Bonchev–Trinajstić information content (AvgIpc) is 2.46. The van der Waals surface area contributed by atoms with Gasteiger partial charge in [-0.3, -0.25) is 4.98 Å². The van der Waals surface area contributed by atoms with Gasteiger partial charge in [0.05, 0.1) is 5.52 Å². The molecule has 0 saturated heterocycles. The van der Waals surface area contributed by atoms with Crippen LogP contribution in [0.15, 0.2) is 24.3 Å². The maximum absolute atomic E-state index is 4.89. The Hall–Kier alpha value is -1.41. The number of para-hydroxylation sites is 1. The molecule has 0 unspecified atom stereocenters. The van der Waals surface area contributed by atoms with Gasteiger partial charge >= 0.3 is 0 Å². The van der Waals surface area contributed by atoms with Crippen molar-refractivity contribution in [1.82, 2.24) is 10.3 Å². The minimum Gasteiger partial charge on any atom is -0.312 e. The van der Waals surface area contributed by atoms with Gasteiger partial charge in [-0.1, -0.05) is 32.0 Å². The Labute approximate surface area is 121 Å². The number of nitrogens with zero attached hydrogens (tertiary/aromatic N) is 1. The van der Waals surface area contributed by atoms with Crippen LogP contribution < -0.4 is 5.32 Å². The smallest absolute Gasteiger partial charge is 0.0708 e. The minimum absolute atomic E-state index is 0.693. The molecule has 0 saturated carbocycles. The van der Waals surface area contributed by atoms with Crippen LogP contribution in [0, 0.1) is 5.92 Å². The van der Waals surface area contributed by atoms with Gasteiger partial charge in [0.15, 0.2) is 0 Å². The fourth-order valence-corrected chi connectivity index (χ4v) is 3.16. The molecule has 0 radical (unpaired) electrons. The summed E-state index contributed by atoms with van der Waals surface area (Å²) in [5, 5.41) is 4.95. The van der Waals surface area contributed by atoms with E-state index in [1.54, 1.807) is 0 Å². The fourth-order valence-electron chi connectivity index (χ4n) is 3.16. The Balaban J connectivity index is 2.01. The van der Waals surface area contributed by atoms with Crippen LogP contribution in [0.3, 0.4) is 0 Å². The first-order valence-corrected chi connectivity index (χ1v) is 7.86. The molecule has 0 bridgehead atoms. The molecule has 1 aliphatic rings. The van der Waals surface area contributed by atoms with Crippen molar-refractivity contribution < 1.29 is 0 Å². The highest BCUT2D eigenvalue weighted by Crippen LogP contribution is 2.29. The van der Waals surface area contributed by atoms with Crippen LogP contribution in [0.25, 0.3) is 10.9 Å². The second kappa shape index (κ2) is 5.92. The van der Waals surface area contributed by atoms with Crippen molar-refractivity contribution in [2.75, 3.05) is 6.54 Å². The van der Waals surface area contributed by atoms with Gasteiger partial charge < -0.3 is 5.32 Å². The van der Waals surface area contributed by atoms with E-state index in [0.717, 1.165) is 25.0 Å². The van der Waals surface area contributed by atoms with Gasteiger partial charge in [-0.05, 0) is 55.3 Å². The molecule has 2 heteroatoms. The number of aromatic nitrogens is 1. The molecule has 1 N–H and O–H groups in total. The zero-order valence-corrected chi connectivity index (χ0v) is 12.6. The molecule has 0 fully saturated rings. The van der Waals surface area contributed by atoms with Gasteiger partial charge in [-0.25, -0.2) is 0 Å². The molecule has 2 aromatic rings. The fraction of sp³-hybridized carbons (Fsp3) is 0.500. The van der Waals surface area contributed by atoms with Crippen LogP contribution in [-0.4, -0.2) is 11.5 Å². The summed E-state index contributed by atoms with van der Waals surface area (Å²) in [6, 6.07) is 8.60. The van der Waals surface area contributed by atoms with Crippen molar-refractivity contribution in [3.63, 3.8) is 0 Å². The van der Waals surface area contributed by atoms with E-state index in [4.69, 9.17) is 4.98 Å². The molecule has 20 heavy (non-hydrogen) atoms. The zero-order chi connectivity index (χ0) is 13.9. The van der Waals surface area contributed by atoms with Gasteiger partial charge in [0.1, 0.15) is 0 Å². The van der Waals surface area contributed by atoms with Crippen LogP contribution in [0.2, 0.25) is 0 Å². The van der Waals surface area contributed by atoms with E-state index in [2.05, 4.69) is 43.4 Å². The van der Waals surface area contributed by atoms with E-state index in [9.17, 15) is 0 Å². The summed E-state index contributed by atoms with van der Waals surface area (Å²) >= 11 is 0. The Bertz CT molecular complexity index is 602. The number of hydrogen-bond acceptors (Lipinski definition) is 2. The Morgan fingerprint density at radius 3 is 2.80 bits per heavy atom. The van der Waals surface area contributed by atoms with Crippen molar-refractivity contribution in [3.05, 3.63) is 41.1 Å². The van der Waals surface area contributed by atoms with E-state index in [-0.39, 0.29) is 0 Å². The SMILES string of the molecule is CC(C)CNCc1c2c(nc3ccccc13)CCCC2. The molecule has 0 atom stereocenters. The standard InChI is InChI=1S/C18H24N2/c1-13(2)11-19-12-16-14-7-3-5-9-17(14)20-18-10-6-4-8-15(16)18/h3,5,7,9,13,19H,4,6,8,10-12H2,1-2H3. The monoisotopic (exact) mass is 268 g/mol. The first kappa shape index (κ1) is 13.6. The van der Waals surface area contributed by atoms with Gasteiger partial charge in [-0.2, -0.15) is 0 Å². The zero-order valence-electron chi connectivity index (χ0n) is 12.6. The van der Waals surface area contributed by atoms with Crippen molar-refractivity contribution in [3.8, 4) is 0 Å². The third-order valence-corrected chi connectivity index (χ3v) is 4.14. The number of fused-ring (bicyclic) bond motifs is 2. The molecule has 1 aromatic heterocycles. The summed E-state index contributed by atoms with van der Waals surface area (Å²) < 4.78 is 0. The van der Waals surface area contributed by atoms with Crippen LogP contribution in [0.1, 0.15) is 43.5 Å². The molecular formula is C18H24N2. The lowest BCUT2D eigenvalue weighted by atomic mass is 9.90. The highest BCUT2D eigenvalue weighted by Gasteiger charge is 2.17. The van der Waals surface area contributed by atoms with E-state index in [0.29, 0.717) is 5.92 Å². The van der Waals surface area contributed by atoms with Crippen LogP contribution in [0.4, 0.5) is 0 Å². The molecule has 0 amide bonds. The molecule has 1 aliphatic carbocycles. The van der Waals surface area contributed by atoms with E-state index in [1.165, 1.54) is 41.5 Å². The number of pyridine rings is 1. The van der Waals surface area contributed by atoms with E-state index < -0.39 is 0 Å². The van der Waals surface area contributed by atoms with Crippen molar-refractivity contribution in [2.45, 2.75) is 46.1 Å². The molecule has 1 aromatic carbocycles. The summed E-state index contributed by atoms with van der Waals surface area (Å²) in [4.78, 5) is 4.89. The first-order chi connectivity index (χ1) is 9.75. The average molecular weight is 268 g/mol. The quantitative estimate of drug-likeness (QED) is 0.910. The summed E-state index contributed by atoms with van der Waals surface area (Å²) in [5.74, 6) is 0.693. The highest BCUT2D eigenvalue weighted by molar-refractivity contribution is 5.83. The maximum atomic E-state index is 4.89. The van der Waals surface area contributed by atoms with E-state index >= 15 is 0 Å². The summed E-state index contributed by atoms with van der Waals surface area (Å²) in [6.45, 7) is 6.56. The lowest BCUT2D eigenvalue weighted by molar-refractivity contribution is 0.549. The van der Waals surface area contributed by atoms with Crippen molar-refractivity contribution >= 4 is 10.9 Å². The minimum atomic E-state index is 0.693. The third kappa shape index (κ3) is 2.71. The number of aryl methyl sites for hydroxylation is 1. The summed E-state index contributed by atoms with van der Waals surface area (Å²) in [6.07, 6.45) is 4.95. The molecule has 3 rings (SSSR count). The molecule has 0 spiro atoms. The van der Waals surface area contributed by atoms with Crippen molar-refractivity contribution in [1.29, 1.82) is 0 Å². The third-order valence-electron chi connectivity index (χ3n) is 4.14. The maximum Gasteiger partial charge on any atom is 0.0708 e. The topological polar surface area (TPSA) is 24.9 Å². The number of benzene rings is 1. The van der Waals surface area contributed by atoms with Crippen molar-refractivity contribution in [2.24, 2.45) is 5.92 Å². The highest BCUT2D eigenvalue weighted by atomic mass is 14.9. The molecular weight excluding hydrogens is 244 g/mol. The largest absolute Gasteiger partial charge is 0.312 e. The summed E-state index contributed by atoms with van der Waals surface area (Å²) in [7, 11) is 0. The van der Waals surface area contributed by atoms with Gasteiger partial charge in [-0.15, -0.1) is 0 Å². The Kier molecular flexibility index (Phi) is 4.02. The van der Waals surface area contributed by atoms with Gasteiger partial charge in [0.25, 0.3) is 0 Å². The summed E-state index contributed by atoms with van der Waals surface area (Å²) in [5.41, 5.74) is 5.52. The second-order valence-corrected chi connectivity index (χ2v) is 6.26. The lowest BCUT2D eigenvalue weighted by Crippen LogP contribution is -2.21. The number of rotatable bonds is 4. The first-order valence-electron chi connectivity index (χ1n) is 7.86. The predicted octanol–water partition coefficient (Wildman–Crippen LogP) is 3.86. The van der Waals surface area contributed by atoms with Gasteiger partial charge in [0.2, 0.25) is 0 Å².